The van der Waals surface area contributed by atoms with Crippen molar-refractivity contribution in [2.75, 3.05) is 13.1 Å². The Morgan fingerprint density at radius 2 is 1.79 bits per heavy atom. The predicted octanol–water partition coefficient (Wildman–Crippen LogP) is 0.406. The van der Waals surface area contributed by atoms with E-state index >= 15 is 0 Å². The molecule has 0 aliphatic carbocycles. The molecule has 0 spiro atoms. The summed E-state index contributed by atoms with van der Waals surface area (Å²) in [5.74, 6) is -1.35. The number of carboxylic acid groups (broad SMARTS) is 1. The van der Waals surface area contributed by atoms with Gasteiger partial charge in [0.1, 0.15) is 0 Å². The lowest BCUT2D eigenvalue weighted by Crippen LogP contribution is -2.52. The molecule has 7 nitrogen and oxygen atoms in total. The lowest BCUT2D eigenvalue weighted by molar-refractivity contribution is -0.139. The van der Waals surface area contributed by atoms with Crippen LogP contribution in [0.4, 0.5) is 4.79 Å². The van der Waals surface area contributed by atoms with Crippen molar-refractivity contribution < 1.29 is 19.5 Å². The van der Waals surface area contributed by atoms with E-state index in [1.54, 1.807) is 25.7 Å². The molecule has 2 atom stereocenters. The summed E-state index contributed by atoms with van der Waals surface area (Å²) in [4.78, 5) is 35.6. The summed E-state index contributed by atoms with van der Waals surface area (Å²) in [6.45, 7) is 7.94. The van der Waals surface area contributed by atoms with Gasteiger partial charge in [-0.25, -0.2) is 4.79 Å². The molecule has 0 radical (unpaired) electrons. The molecule has 0 saturated carbocycles. The number of hydrogen-bond acceptors (Lipinski definition) is 4. The van der Waals surface area contributed by atoms with Gasteiger partial charge in [0.2, 0.25) is 5.91 Å². The summed E-state index contributed by atoms with van der Waals surface area (Å²) >= 11 is 0. The molecule has 3 amide bonds. The Kier molecular flexibility index (Phi) is 7.74. The van der Waals surface area contributed by atoms with Gasteiger partial charge in [0.25, 0.3) is 0 Å². The second-order valence-electron chi connectivity index (χ2n) is 4.30. The van der Waals surface area contributed by atoms with Crippen LogP contribution in [-0.2, 0) is 9.59 Å². The van der Waals surface area contributed by atoms with Gasteiger partial charge in [-0.15, -0.1) is 0 Å². The van der Waals surface area contributed by atoms with Crippen molar-refractivity contribution >= 4 is 17.9 Å². The number of aliphatic carboxylic acids is 1. The predicted molar refractivity (Wildman–Crippen MR) is 70.8 cm³/mol. The van der Waals surface area contributed by atoms with E-state index in [2.05, 4.69) is 10.6 Å². The highest BCUT2D eigenvalue weighted by Crippen LogP contribution is 2.09. The second-order valence-corrected chi connectivity index (χ2v) is 4.30. The normalized spacial score (nSPS) is 13.7. The molecular weight excluding hydrogens is 250 g/mol. The number of imide groups is 1. The smallest absolute Gasteiger partial charge is 0.321 e. The van der Waals surface area contributed by atoms with Gasteiger partial charge in [0, 0.05) is 12.6 Å². The SMILES string of the molecule is CCNC(=O)NC(=O)C(C)N(CC)C(C)CC(=O)O. The quantitative estimate of drug-likeness (QED) is 0.624. The van der Waals surface area contributed by atoms with E-state index in [1.807, 2.05) is 6.92 Å². The number of hydrogen-bond donors (Lipinski definition) is 3. The number of rotatable bonds is 7. The fraction of sp³-hybridized carbons (Fsp3) is 0.750. The highest BCUT2D eigenvalue weighted by molar-refractivity contribution is 5.96. The van der Waals surface area contributed by atoms with Crippen molar-refractivity contribution in [3.05, 3.63) is 0 Å². The standard InChI is InChI=1S/C12H23N3O4/c1-5-13-12(19)14-11(18)9(4)15(6-2)8(3)7-10(16)17/h8-9H,5-7H2,1-4H3,(H,16,17)(H2,13,14,18,19). The molecule has 0 rings (SSSR count). The van der Waals surface area contributed by atoms with Crippen molar-refractivity contribution in [1.29, 1.82) is 0 Å². The Bertz CT molecular complexity index is 333. The number of amides is 3. The zero-order valence-corrected chi connectivity index (χ0v) is 11.9. The molecule has 0 heterocycles. The first-order valence-corrected chi connectivity index (χ1v) is 6.39. The van der Waals surface area contributed by atoms with Gasteiger partial charge in [-0.1, -0.05) is 6.92 Å². The van der Waals surface area contributed by atoms with E-state index in [0.29, 0.717) is 13.1 Å². The van der Waals surface area contributed by atoms with Gasteiger partial charge in [0.05, 0.1) is 12.5 Å². The van der Waals surface area contributed by atoms with Gasteiger partial charge in [-0.05, 0) is 27.3 Å². The number of carboxylic acids is 1. The molecule has 0 bridgehead atoms. The van der Waals surface area contributed by atoms with Gasteiger partial charge >= 0.3 is 12.0 Å². The van der Waals surface area contributed by atoms with E-state index < -0.39 is 23.9 Å². The third kappa shape index (κ3) is 6.19. The number of carbonyl (C=O) groups is 3. The first-order valence-electron chi connectivity index (χ1n) is 6.39. The third-order valence-corrected chi connectivity index (χ3v) is 2.85. The summed E-state index contributed by atoms with van der Waals surface area (Å²) in [6, 6.07) is -1.39. The average Bonchev–Trinajstić information content (AvgIpc) is 2.28. The molecule has 0 aromatic carbocycles. The lowest BCUT2D eigenvalue weighted by Gasteiger charge is -2.31. The third-order valence-electron chi connectivity index (χ3n) is 2.85. The fourth-order valence-electron chi connectivity index (χ4n) is 1.91. The molecular formula is C12H23N3O4. The van der Waals surface area contributed by atoms with E-state index in [0.717, 1.165) is 0 Å². The first-order chi connectivity index (χ1) is 8.83. The summed E-state index contributed by atoms with van der Waals surface area (Å²) in [5.41, 5.74) is 0. The number of urea groups is 1. The van der Waals surface area contributed by atoms with E-state index in [9.17, 15) is 14.4 Å². The average molecular weight is 273 g/mol. The Morgan fingerprint density at radius 3 is 2.21 bits per heavy atom. The van der Waals surface area contributed by atoms with Gasteiger partial charge < -0.3 is 10.4 Å². The molecule has 7 heteroatoms. The zero-order chi connectivity index (χ0) is 15.0. The number of carbonyl (C=O) groups excluding carboxylic acids is 2. The number of nitrogens with one attached hydrogen (secondary N) is 2. The summed E-state index contributed by atoms with van der Waals surface area (Å²) < 4.78 is 0. The molecule has 2 unspecified atom stereocenters. The van der Waals surface area contributed by atoms with Crippen LogP contribution in [-0.4, -0.2) is 53.1 Å². The highest BCUT2D eigenvalue weighted by Gasteiger charge is 2.26. The Morgan fingerprint density at radius 1 is 1.21 bits per heavy atom. The van der Waals surface area contributed by atoms with Crippen molar-refractivity contribution in [3.63, 3.8) is 0 Å². The molecule has 110 valence electrons. The van der Waals surface area contributed by atoms with Crippen LogP contribution in [0.3, 0.4) is 0 Å². The van der Waals surface area contributed by atoms with Crippen LogP contribution in [0, 0.1) is 0 Å². The van der Waals surface area contributed by atoms with E-state index in [-0.39, 0.29) is 12.5 Å². The van der Waals surface area contributed by atoms with E-state index in [1.165, 1.54) is 0 Å². The maximum Gasteiger partial charge on any atom is 0.321 e. The molecule has 19 heavy (non-hydrogen) atoms. The Labute approximate surface area is 113 Å². The molecule has 0 saturated heterocycles. The van der Waals surface area contributed by atoms with Crippen LogP contribution >= 0.6 is 0 Å². The number of nitrogens with zero attached hydrogens (tertiary/aromatic N) is 1. The van der Waals surface area contributed by atoms with Crippen molar-refractivity contribution in [2.24, 2.45) is 0 Å². The van der Waals surface area contributed by atoms with Gasteiger partial charge in [-0.2, -0.15) is 0 Å². The topological polar surface area (TPSA) is 98.7 Å². The molecule has 3 N–H and O–H groups in total. The second kappa shape index (κ2) is 8.47. The summed E-state index contributed by atoms with van der Waals surface area (Å²) in [5, 5.41) is 13.5. The minimum absolute atomic E-state index is 0.0490. The van der Waals surface area contributed by atoms with Gasteiger partial charge in [-0.3, -0.25) is 19.8 Å². The minimum atomic E-state index is -0.915. The molecule has 0 aliphatic heterocycles. The molecule has 0 aliphatic rings. The lowest BCUT2D eigenvalue weighted by atomic mass is 10.1. The van der Waals surface area contributed by atoms with Crippen molar-refractivity contribution in [3.8, 4) is 0 Å². The highest BCUT2D eigenvalue weighted by atomic mass is 16.4. The minimum Gasteiger partial charge on any atom is -0.481 e. The van der Waals surface area contributed by atoms with E-state index in [4.69, 9.17) is 5.11 Å². The summed E-state index contributed by atoms with van der Waals surface area (Å²) in [7, 11) is 0. The first kappa shape index (κ1) is 17.4. The monoisotopic (exact) mass is 273 g/mol. The molecule has 0 fully saturated rings. The van der Waals surface area contributed by atoms with Crippen LogP contribution in [0.25, 0.3) is 0 Å². The molecule has 0 aromatic rings. The maximum atomic E-state index is 11.9. The van der Waals surface area contributed by atoms with Crippen LogP contribution in [0.1, 0.15) is 34.1 Å². The van der Waals surface area contributed by atoms with Crippen molar-refractivity contribution in [2.45, 2.75) is 46.2 Å². The largest absolute Gasteiger partial charge is 0.481 e. The van der Waals surface area contributed by atoms with Crippen LogP contribution < -0.4 is 10.6 Å². The van der Waals surface area contributed by atoms with Crippen LogP contribution in [0.5, 0.6) is 0 Å². The van der Waals surface area contributed by atoms with Crippen LogP contribution in [0.15, 0.2) is 0 Å². The number of likely N-dealkylation sites (N-methyl/N-ethyl adjacent to an activating group) is 1. The zero-order valence-electron chi connectivity index (χ0n) is 11.9. The van der Waals surface area contributed by atoms with Gasteiger partial charge in [0.15, 0.2) is 0 Å². The van der Waals surface area contributed by atoms with Crippen LogP contribution in [0.2, 0.25) is 0 Å². The van der Waals surface area contributed by atoms with Crippen molar-refractivity contribution in [1.82, 2.24) is 15.5 Å². The Balaban J connectivity index is 4.56. The molecule has 0 aromatic heterocycles. The maximum absolute atomic E-state index is 11.9. The Hall–Kier alpha value is -1.63. The summed E-state index contributed by atoms with van der Waals surface area (Å²) in [6.07, 6.45) is -0.0490. The fourth-order valence-corrected chi connectivity index (χ4v) is 1.91.